The first-order valence-corrected chi connectivity index (χ1v) is 9.43. The zero-order valence-corrected chi connectivity index (χ0v) is 16.6. The van der Waals surface area contributed by atoms with Gasteiger partial charge < -0.3 is 49.3 Å². The van der Waals surface area contributed by atoms with Crippen molar-refractivity contribution < 1.29 is 49.3 Å². The second-order valence-electron chi connectivity index (χ2n) is 7.14. The summed E-state index contributed by atoms with van der Waals surface area (Å²) in [4.78, 5) is 12.8. The van der Waals surface area contributed by atoms with Crippen LogP contribution in [0.1, 0.15) is 0 Å². The molecule has 0 aliphatic carbocycles. The molecule has 0 unspecified atom stereocenters. The Hall–Kier alpha value is -3.35. The van der Waals surface area contributed by atoms with Crippen molar-refractivity contribution in [2.24, 2.45) is 0 Å². The van der Waals surface area contributed by atoms with Gasteiger partial charge in [-0.15, -0.1) is 0 Å². The van der Waals surface area contributed by atoms with E-state index in [0.717, 1.165) is 12.1 Å². The summed E-state index contributed by atoms with van der Waals surface area (Å²) >= 11 is 0. The van der Waals surface area contributed by atoms with Crippen LogP contribution in [-0.2, 0) is 4.74 Å². The van der Waals surface area contributed by atoms with Gasteiger partial charge in [0.05, 0.1) is 7.11 Å². The summed E-state index contributed by atoms with van der Waals surface area (Å²) in [5.41, 5.74) is -0.457. The molecule has 0 radical (unpaired) electrons. The average molecular weight is 448 g/mol. The molecule has 3 aromatic rings. The van der Waals surface area contributed by atoms with Gasteiger partial charge in [-0.3, -0.25) is 4.79 Å². The highest BCUT2D eigenvalue weighted by atomic mass is 16.7. The number of methoxy groups -OCH3 is 1. The van der Waals surface area contributed by atoms with Crippen molar-refractivity contribution >= 4 is 11.0 Å². The van der Waals surface area contributed by atoms with Gasteiger partial charge in [0.2, 0.25) is 12.0 Å². The number of hydrogen-bond acceptors (Lipinski definition) is 11. The van der Waals surface area contributed by atoms with Crippen molar-refractivity contribution in [3.63, 3.8) is 0 Å². The summed E-state index contributed by atoms with van der Waals surface area (Å²) in [5, 5.41) is 59.1. The first-order valence-electron chi connectivity index (χ1n) is 9.43. The number of aliphatic hydroxyl groups is 4. The zero-order valence-electron chi connectivity index (χ0n) is 16.6. The Morgan fingerprint density at radius 2 is 1.62 bits per heavy atom. The fourth-order valence-corrected chi connectivity index (χ4v) is 3.34. The number of benzene rings is 2. The van der Waals surface area contributed by atoms with Gasteiger partial charge >= 0.3 is 0 Å². The molecule has 32 heavy (non-hydrogen) atoms. The van der Waals surface area contributed by atoms with Crippen molar-refractivity contribution in [1.29, 1.82) is 0 Å². The lowest BCUT2D eigenvalue weighted by Crippen LogP contribution is -2.59. The number of ether oxygens (including phenoxy) is 3. The van der Waals surface area contributed by atoms with Crippen LogP contribution in [-0.4, -0.2) is 68.6 Å². The van der Waals surface area contributed by atoms with Gasteiger partial charge in [0.25, 0.3) is 0 Å². The average Bonchev–Trinajstić information content (AvgIpc) is 2.77. The van der Waals surface area contributed by atoms with Crippen molar-refractivity contribution in [2.45, 2.75) is 30.9 Å². The Morgan fingerprint density at radius 1 is 0.938 bits per heavy atom. The molecule has 11 heteroatoms. The van der Waals surface area contributed by atoms with Crippen LogP contribution in [0.2, 0.25) is 0 Å². The van der Waals surface area contributed by atoms with E-state index in [2.05, 4.69) is 0 Å². The van der Waals surface area contributed by atoms with Gasteiger partial charge in [-0.1, -0.05) is 0 Å². The fourth-order valence-electron chi connectivity index (χ4n) is 3.34. The van der Waals surface area contributed by atoms with Gasteiger partial charge in [0, 0.05) is 17.7 Å². The Labute approximate surface area is 179 Å². The molecule has 0 bridgehead atoms. The molecule has 1 aromatic heterocycles. The van der Waals surface area contributed by atoms with E-state index in [-0.39, 0.29) is 34.0 Å². The highest BCUT2D eigenvalue weighted by Gasteiger charge is 2.45. The van der Waals surface area contributed by atoms with Crippen molar-refractivity contribution in [1.82, 2.24) is 0 Å². The Bertz CT molecular complexity index is 1190. The summed E-state index contributed by atoms with van der Waals surface area (Å²) in [6.07, 6.45) is -8.91. The first-order chi connectivity index (χ1) is 15.2. The van der Waals surface area contributed by atoms with E-state index in [4.69, 9.17) is 18.6 Å². The first kappa shape index (κ1) is 21.9. The number of hydrogen-bond donors (Lipinski definition) is 6. The van der Waals surface area contributed by atoms with Crippen molar-refractivity contribution in [3.8, 4) is 34.3 Å². The Kier molecular flexibility index (Phi) is 5.67. The smallest absolute Gasteiger partial charge is 0.231 e. The van der Waals surface area contributed by atoms with Crippen LogP contribution in [0.4, 0.5) is 0 Å². The maximum Gasteiger partial charge on any atom is 0.231 e. The SMILES string of the molecule is COc1cc(O)c2c(=O)cc(-c3ccc(O)cc3)oc2c1O[C@H]1O[C@@H](O)[C@H](O)[C@@H](O)[C@@H]1O. The second-order valence-corrected chi connectivity index (χ2v) is 7.14. The van der Waals surface area contributed by atoms with Crippen LogP contribution < -0.4 is 14.9 Å². The largest absolute Gasteiger partial charge is 0.508 e. The molecule has 0 spiro atoms. The summed E-state index contributed by atoms with van der Waals surface area (Å²) in [5.74, 6) is -0.760. The Balaban J connectivity index is 1.88. The van der Waals surface area contributed by atoms with Crippen LogP contribution in [0.25, 0.3) is 22.3 Å². The van der Waals surface area contributed by atoms with E-state index >= 15 is 0 Å². The normalized spacial score (nSPS) is 25.6. The monoisotopic (exact) mass is 448 g/mol. The highest BCUT2D eigenvalue weighted by Crippen LogP contribution is 2.42. The number of aliphatic hydroxyl groups excluding tert-OH is 4. The van der Waals surface area contributed by atoms with Gasteiger partial charge in [0.15, 0.2) is 23.1 Å². The minimum absolute atomic E-state index is 0.00274. The van der Waals surface area contributed by atoms with E-state index in [1.165, 1.54) is 31.4 Å². The number of rotatable bonds is 4. The van der Waals surface area contributed by atoms with Crippen molar-refractivity contribution in [2.75, 3.05) is 7.11 Å². The third kappa shape index (κ3) is 3.72. The number of phenolic OH excluding ortho intramolecular Hbond substituents is 2. The molecule has 6 N–H and O–H groups in total. The van der Waals surface area contributed by atoms with Crippen molar-refractivity contribution in [3.05, 3.63) is 46.6 Å². The molecular weight excluding hydrogens is 428 g/mol. The quantitative estimate of drug-likeness (QED) is 0.317. The molecule has 0 amide bonds. The predicted molar refractivity (Wildman–Crippen MR) is 107 cm³/mol. The van der Waals surface area contributed by atoms with Gasteiger partial charge in [-0.05, 0) is 24.3 Å². The molecule has 1 aliphatic heterocycles. The van der Waals surface area contributed by atoms with E-state index in [0.29, 0.717) is 5.56 Å². The zero-order chi connectivity index (χ0) is 23.2. The summed E-state index contributed by atoms with van der Waals surface area (Å²) in [6, 6.07) is 8.01. The third-order valence-corrected chi connectivity index (χ3v) is 5.05. The van der Waals surface area contributed by atoms with Gasteiger partial charge in [-0.25, -0.2) is 0 Å². The molecule has 2 heterocycles. The van der Waals surface area contributed by atoms with E-state index in [1.54, 1.807) is 0 Å². The van der Waals surface area contributed by atoms with Crippen LogP contribution in [0.5, 0.6) is 23.0 Å². The number of fused-ring (bicyclic) bond motifs is 1. The van der Waals surface area contributed by atoms with E-state index in [1.807, 2.05) is 0 Å². The number of phenols is 2. The Morgan fingerprint density at radius 3 is 2.28 bits per heavy atom. The summed E-state index contributed by atoms with van der Waals surface area (Å²) in [7, 11) is 1.25. The second kappa shape index (κ2) is 8.30. The highest BCUT2D eigenvalue weighted by molar-refractivity contribution is 5.91. The predicted octanol–water partition coefficient (Wildman–Crippen LogP) is 0.0160. The molecule has 1 fully saturated rings. The molecule has 170 valence electrons. The molecule has 5 atom stereocenters. The topological polar surface area (TPSA) is 179 Å². The summed E-state index contributed by atoms with van der Waals surface area (Å²) < 4.78 is 21.6. The number of aromatic hydroxyl groups is 2. The molecule has 4 rings (SSSR count). The molecule has 2 aromatic carbocycles. The van der Waals surface area contributed by atoms with Gasteiger partial charge in [-0.2, -0.15) is 0 Å². The van der Waals surface area contributed by atoms with Crippen LogP contribution in [0, 0.1) is 0 Å². The van der Waals surface area contributed by atoms with Crippen LogP contribution in [0.15, 0.2) is 45.6 Å². The molecule has 11 nitrogen and oxygen atoms in total. The minimum Gasteiger partial charge on any atom is -0.508 e. The maximum absolute atomic E-state index is 12.8. The lowest BCUT2D eigenvalue weighted by Gasteiger charge is -2.38. The maximum atomic E-state index is 12.8. The van der Waals surface area contributed by atoms with Crippen LogP contribution in [0.3, 0.4) is 0 Å². The fraction of sp³-hybridized carbons (Fsp3) is 0.286. The van der Waals surface area contributed by atoms with E-state index < -0.39 is 42.1 Å². The molecule has 1 saturated heterocycles. The summed E-state index contributed by atoms with van der Waals surface area (Å²) in [6.45, 7) is 0. The molecular formula is C21H20O11. The minimum atomic E-state index is -1.87. The standard InChI is InChI=1S/C21H20O11/c1-29-13-7-11(24)14-10(23)6-12(8-2-4-9(22)5-3-8)30-19(14)18(13)31-21-17(27)15(25)16(26)20(28)32-21/h2-7,15-17,20-22,24-28H,1H3/t15-,16-,17+,20-,21+/m1/s1. The van der Waals surface area contributed by atoms with E-state index in [9.17, 15) is 35.4 Å². The third-order valence-electron chi connectivity index (χ3n) is 5.05. The molecule has 0 saturated carbocycles. The van der Waals surface area contributed by atoms with Gasteiger partial charge in [0.1, 0.15) is 41.0 Å². The lowest BCUT2D eigenvalue weighted by molar-refractivity contribution is -0.321. The van der Waals surface area contributed by atoms with Crippen LogP contribution >= 0.6 is 0 Å². The lowest BCUT2D eigenvalue weighted by atomic mass is 10.0. The molecule has 1 aliphatic rings.